The largest absolute Gasteiger partial charge is 0.462 e. The molecular formula is C22H35BO2Si. The first kappa shape index (κ1) is 19.9. The highest BCUT2D eigenvalue weighted by Crippen LogP contribution is 2.41. The van der Waals surface area contributed by atoms with Gasteiger partial charge < -0.3 is 9.31 Å². The fourth-order valence-corrected chi connectivity index (χ4v) is 7.03. The Morgan fingerprint density at radius 2 is 1.50 bits per heavy atom. The Hall–Kier alpha value is -0.838. The number of benzene rings is 1. The maximum Gasteiger partial charge on any atom is 0.462 e. The van der Waals surface area contributed by atoms with E-state index in [-0.39, 0.29) is 18.3 Å². The van der Waals surface area contributed by atoms with E-state index in [1.807, 2.05) is 0 Å². The summed E-state index contributed by atoms with van der Waals surface area (Å²) in [5, 5.41) is 1.55. The third-order valence-electron chi connectivity index (χ3n) is 6.63. The highest BCUT2D eigenvalue weighted by Gasteiger charge is 2.51. The predicted octanol–water partition coefficient (Wildman–Crippen LogP) is 5.56. The van der Waals surface area contributed by atoms with Gasteiger partial charge in [-0.1, -0.05) is 59.8 Å². The minimum absolute atomic E-state index is 0.108. The van der Waals surface area contributed by atoms with Crippen molar-refractivity contribution in [3.63, 3.8) is 0 Å². The lowest BCUT2D eigenvalue weighted by Gasteiger charge is -2.32. The minimum Gasteiger partial charge on any atom is -0.403 e. The zero-order chi connectivity index (χ0) is 19.0. The molecule has 3 rings (SSSR count). The zero-order valence-electron chi connectivity index (χ0n) is 17.5. The molecule has 0 radical (unpaired) electrons. The monoisotopic (exact) mass is 370 g/mol. The van der Waals surface area contributed by atoms with Crippen LogP contribution < -0.4 is 5.19 Å². The molecule has 2 nitrogen and oxygen atoms in total. The van der Waals surface area contributed by atoms with E-state index in [1.165, 1.54) is 31.7 Å². The van der Waals surface area contributed by atoms with E-state index >= 15 is 0 Å². The van der Waals surface area contributed by atoms with Gasteiger partial charge in [0.1, 0.15) is 0 Å². The summed E-state index contributed by atoms with van der Waals surface area (Å²) in [5.41, 5.74) is 2.84. The summed E-state index contributed by atoms with van der Waals surface area (Å²) in [7, 11) is -1.63. The molecule has 0 amide bonds. The average molecular weight is 370 g/mol. The van der Waals surface area contributed by atoms with E-state index in [2.05, 4.69) is 71.1 Å². The lowest BCUT2D eigenvalue weighted by molar-refractivity contribution is 0.00578. The molecule has 1 aromatic carbocycles. The molecule has 142 valence electrons. The van der Waals surface area contributed by atoms with Gasteiger partial charge in [-0.2, -0.15) is 0 Å². The molecule has 1 aliphatic heterocycles. The first-order valence-electron chi connectivity index (χ1n) is 10.2. The summed E-state index contributed by atoms with van der Waals surface area (Å²) in [4.78, 5) is 0. The van der Waals surface area contributed by atoms with Crippen LogP contribution in [-0.4, -0.2) is 26.4 Å². The number of hydrogen-bond acceptors (Lipinski definition) is 2. The Morgan fingerprint density at radius 1 is 0.962 bits per heavy atom. The Kier molecular flexibility index (Phi) is 5.58. The van der Waals surface area contributed by atoms with Gasteiger partial charge in [-0.25, -0.2) is 0 Å². The second-order valence-electron chi connectivity index (χ2n) is 9.73. The molecule has 1 aromatic rings. The van der Waals surface area contributed by atoms with Crippen LogP contribution in [0.4, 0.5) is 0 Å². The molecule has 26 heavy (non-hydrogen) atoms. The highest BCUT2D eigenvalue weighted by atomic mass is 28.3. The fraction of sp³-hybridized carbons (Fsp3) is 0.636. The van der Waals surface area contributed by atoms with Crippen LogP contribution in [0.3, 0.4) is 0 Å². The molecule has 1 saturated carbocycles. The van der Waals surface area contributed by atoms with Crippen LogP contribution in [0.1, 0.15) is 53.4 Å². The van der Waals surface area contributed by atoms with E-state index in [0.29, 0.717) is 0 Å². The Morgan fingerprint density at radius 3 is 2.04 bits per heavy atom. The fourth-order valence-electron chi connectivity index (χ4n) is 4.27. The van der Waals surface area contributed by atoms with Crippen molar-refractivity contribution in [1.29, 1.82) is 0 Å². The Bertz CT molecular complexity index is 640. The van der Waals surface area contributed by atoms with E-state index in [9.17, 15) is 0 Å². The summed E-state index contributed by atoms with van der Waals surface area (Å²) in [6.07, 6.45) is 6.17. The van der Waals surface area contributed by atoms with Crippen LogP contribution in [-0.2, 0) is 9.31 Å². The Labute approximate surface area is 161 Å². The van der Waals surface area contributed by atoms with Crippen molar-refractivity contribution in [3.8, 4) is 0 Å². The third kappa shape index (κ3) is 4.18. The maximum absolute atomic E-state index is 6.33. The smallest absolute Gasteiger partial charge is 0.403 e. The van der Waals surface area contributed by atoms with Gasteiger partial charge in [-0.3, -0.25) is 0 Å². The standard InChI is InChI=1S/C22H35BO2Si/c1-21(2)22(3,4)25-23(24-21)16-19(18-12-10-11-13-18)17-26(5,6)20-14-8-7-9-15-20/h7-9,14-15H,10-13,16-17H2,1-6H3. The van der Waals surface area contributed by atoms with E-state index < -0.39 is 8.07 Å². The molecule has 0 atom stereocenters. The van der Waals surface area contributed by atoms with Crippen LogP contribution in [0, 0.1) is 0 Å². The van der Waals surface area contributed by atoms with Gasteiger partial charge in [0.05, 0.1) is 19.3 Å². The molecule has 0 spiro atoms. The molecule has 1 saturated heterocycles. The molecule has 0 unspecified atom stereocenters. The second-order valence-corrected chi connectivity index (χ2v) is 14.4. The van der Waals surface area contributed by atoms with Crippen molar-refractivity contribution in [2.45, 2.75) is 90.0 Å². The lowest BCUT2D eigenvalue weighted by Crippen LogP contribution is -2.41. The van der Waals surface area contributed by atoms with Crippen LogP contribution >= 0.6 is 0 Å². The molecule has 4 heteroatoms. The van der Waals surface area contributed by atoms with Gasteiger partial charge in [0.15, 0.2) is 0 Å². The van der Waals surface area contributed by atoms with Crippen molar-refractivity contribution < 1.29 is 9.31 Å². The molecule has 0 N–H and O–H groups in total. The number of rotatable bonds is 5. The SMILES string of the molecule is CC1(C)OB(CC(C[Si](C)(C)c2ccccc2)=C2CCCC2)OC1(C)C. The summed E-state index contributed by atoms with van der Waals surface area (Å²) in [6.45, 7) is 13.6. The molecule has 1 heterocycles. The zero-order valence-corrected chi connectivity index (χ0v) is 18.5. The van der Waals surface area contributed by atoms with Gasteiger partial charge in [0.2, 0.25) is 0 Å². The molecule has 0 bridgehead atoms. The van der Waals surface area contributed by atoms with Crippen molar-refractivity contribution in [1.82, 2.24) is 0 Å². The summed E-state index contributed by atoms with van der Waals surface area (Å²) < 4.78 is 12.7. The van der Waals surface area contributed by atoms with Gasteiger partial charge in [0.25, 0.3) is 0 Å². The van der Waals surface area contributed by atoms with E-state index in [1.54, 1.807) is 16.3 Å². The normalized spacial score (nSPS) is 22.1. The highest BCUT2D eigenvalue weighted by molar-refractivity contribution is 6.90. The summed E-state index contributed by atoms with van der Waals surface area (Å²) in [6, 6.07) is 12.3. The van der Waals surface area contributed by atoms with Crippen molar-refractivity contribution >= 4 is 20.4 Å². The summed E-state index contributed by atoms with van der Waals surface area (Å²) in [5.74, 6) is 0. The van der Waals surface area contributed by atoms with Crippen LogP contribution in [0.25, 0.3) is 0 Å². The number of hydrogen-bond donors (Lipinski definition) is 0. The predicted molar refractivity (Wildman–Crippen MR) is 115 cm³/mol. The number of allylic oxidation sites excluding steroid dienone is 2. The quantitative estimate of drug-likeness (QED) is 0.499. The maximum atomic E-state index is 6.33. The van der Waals surface area contributed by atoms with Crippen molar-refractivity contribution in [2.75, 3.05) is 0 Å². The molecule has 2 aliphatic rings. The average Bonchev–Trinajstić information content (AvgIpc) is 3.14. The molecule has 0 aromatic heterocycles. The van der Waals surface area contributed by atoms with Crippen molar-refractivity contribution in [3.05, 3.63) is 41.5 Å². The molecule has 1 aliphatic carbocycles. The topological polar surface area (TPSA) is 18.5 Å². The first-order chi connectivity index (χ1) is 12.1. The molecular weight excluding hydrogens is 335 g/mol. The third-order valence-corrected chi connectivity index (χ3v) is 9.84. The lowest BCUT2D eigenvalue weighted by atomic mass is 9.79. The van der Waals surface area contributed by atoms with Crippen LogP contribution in [0.15, 0.2) is 41.5 Å². The second kappa shape index (κ2) is 7.29. The van der Waals surface area contributed by atoms with Gasteiger partial charge >= 0.3 is 7.12 Å². The van der Waals surface area contributed by atoms with Gasteiger partial charge in [-0.05, 0) is 59.4 Å². The van der Waals surface area contributed by atoms with Gasteiger partial charge in [-0.15, -0.1) is 0 Å². The first-order valence-corrected chi connectivity index (χ1v) is 13.4. The Balaban J connectivity index is 1.81. The minimum atomic E-state index is -1.52. The van der Waals surface area contributed by atoms with E-state index in [4.69, 9.17) is 9.31 Å². The van der Waals surface area contributed by atoms with Crippen LogP contribution in [0.5, 0.6) is 0 Å². The molecule has 2 fully saturated rings. The van der Waals surface area contributed by atoms with Crippen molar-refractivity contribution in [2.24, 2.45) is 0 Å². The van der Waals surface area contributed by atoms with Crippen LogP contribution in [0.2, 0.25) is 25.5 Å². The van der Waals surface area contributed by atoms with E-state index in [0.717, 1.165) is 6.32 Å². The van der Waals surface area contributed by atoms with Gasteiger partial charge in [0, 0.05) is 6.32 Å². The summed E-state index contributed by atoms with van der Waals surface area (Å²) >= 11 is 0.